The van der Waals surface area contributed by atoms with E-state index in [4.69, 9.17) is 4.74 Å². The maximum absolute atomic E-state index is 11.9. The molecule has 31 heavy (non-hydrogen) atoms. The van der Waals surface area contributed by atoms with Crippen LogP contribution in [0.4, 0.5) is 0 Å². The number of esters is 1. The van der Waals surface area contributed by atoms with Gasteiger partial charge in [-0.25, -0.2) is 4.79 Å². The molecule has 0 aliphatic carbocycles. The SMILES string of the molecule is CCCCCCCCCCCCCCCCCCCC(=O)/C=C/C[C@@H]1CC=CC(=O)O1. The highest BCUT2D eigenvalue weighted by atomic mass is 16.5. The number of allylic oxidation sites excluding steroid dienone is 1. The van der Waals surface area contributed by atoms with E-state index in [-0.39, 0.29) is 17.9 Å². The Kier molecular flexibility index (Phi) is 18.3. The van der Waals surface area contributed by atoms with Crippen LogP contribution in [0.2, 0.25) is 0 Å². The molecule has 0 aromatic rings. The smallest absolute Gasteiger partial charge is 0.330 e. The van der Waals surface area contributed by atoms with Crippen molar-refractivity contribution >= 4 is 11.8 Å². The zero-order valence-electron chi connectivity index (χ0n) is 20.3. The Bertz CT molecular complexity index is 506. The number of ether oxygens (including phenoxy) is 1. The standard InChI is InChI=1S/C28H48O3/c1-2-3-4-5-6-7-8-9-10-11-12-13-14-15-16-17-18-21-26(29)22-19-23-27-24-20-25-28(30)31-27/h19-20,22,25,27H,2-18,21,23-24H2,1H3/b22-19+/t27-/m1/s1. The van der Waals surface area contributed by atoms with Crippen molar-refractivity contribution in [2.24, 2.45) is 0 Å². The van der Waals surface area contributed by atoms with Gasteiger partial charge in [-0.05, 0) is 12.5 Å². The summed E-state index contributed by atoms with van der Waals surface area (Å²) in [7, 11) is 0. The Hall–Kier alpha value is -1.38. The minimum Gasteiger partial charge on any atom is -0.459 e. The lowest BCUT2D eigenvalue weighted by atomic mass is 10.0. The first-order chi connectivity index (χ1) is 15.2. The normalized spacial score (nSPS) is 16.2. The molecule has 1 aliphatic heterocycles. The van der Waals surface area contributed by atoms with Gasteiger partial charge in [0.1, 0.15) is 6.10 Å². The van der Waals surface area contributed by atoms with E-state index in [1.165, 1.54) is 102 Å². The first-order valence-electron chi connectivity index (χ1n) is 13.3. The lowest BCUT2D eigenvalue weighted by Gasteiger charge is -2.16. The van der Waals surface area contributed by atoms with Crippen LogP contribution in [0.25, 0.3) is 0 Å². The molecule has 1 heterocycles. The van der Waals surface area contributed by atoms with Crippen molar-refractivity contribution in [1.29, 1.82) is 0 Å². The molecule has 1 atom stereocenters. The molecule has 0 saturated carbocycles. The lowest BCUT2D eigenvalue weighted by molar-refractivity contribution is -0.143. The average Bonchev–Trinajstić information content (AvgIpc) is 2.76. The van der Waals surface area contributed by atoms with Crippen LogP contribution >= 0.6 is 0 Å². The van der Waals surface area contributed by atoms with Gasteiger partial charge in [0.05, 0.1) is 0 Å². The topological polar surface area (TPSA) is 43.4 Å². The van der Waals surface area contributed by atoms with E-state index in [0.717, 1.165) is 19.3 Å². The summed E-state index contributed by atoms with van der Waals surface area (Å²) in [5, 5.41) is 0. The summed E-state index contributed by atoms with van der Waals surface area (Å²) in [4.78, 5) is 23.1. The molecule has 1 aliphatic rings. The number of hydrogen-bond donors (Lipinski definition) is 0. The van der Waals surface area contributed by atoms with E-state index < -0.39 is 0 Å². The highest BCUT2D eigenvalue weighted by Crippen LogP contribution is 2.15. The van der Waals surface area contributed by atoms with Gasteiger partial charge in [0.2, 0.25) is 0 Å². The van der Waals surface area contributed by atoms with Gasteiger partial charge in [-0.15, -0.1) is 0 Å². The van der Waals surface area contributed by atoms with Gasteiger partial charge in [-0.2, -0.15) is 0 Å². The molecule has 0 bridgehead atoms. The van der Waals surface area contributed by atoms with E-state index in [1.807, 2.05) is 12.2 Å². The van der Waals surface area contributed by atoms with E-state index in [0.29, 0.717) is 12.8 Å². The van der Waals surface area contributed by atoms with Crippen LogP contribution in [0.15, 0.2) is 24.3 Å². The van der Waals surface area contributed by atoms with Crippen molar-refractivity contribution in [2.45, 2.75) is 141 Å². The number of carbonyl (C=O) groups is 2. The predicted molar refractivity (Wildman–Crippen MR) is 131 cm³/mol. The fourth-order valence-corrected chi connectivity index (χ4v) is 4.17. The highest BCUT2D eigenvalue weighted by Gasteiger charge is 2.14. The third-order valence-electron chi connectivity index (χ3n) is 6.17. The van der Waals surface area contributed by atoms with Crippen molar-refractivity contribution in [2.75, 3.05) is 0 Å². The van der Waals surface area contributed by atoms with Crippen LogP contribution in [-0.4, -0.2) is 17.9 Å². The molecule has 0 N–H and O–H groups in total. The van der Waals surface area contributed by atoms with Crippen molar-refractivity contribution in [3.05, 3.63) is 24.3 Å². The zero-order valence-corrected chi connectivity index (χ0v) is 20.3. The monoisotopic (exact) mass is 432 g/mol. The largest absolute Gasteiger partial charge is 0.459 e. The number of rotatable bonds is 21. The first-order valence-corrected chi connectivity index (χ1v) is 13.3. The number of ketones is 1. The van der Waals surface area contributed by atoms with E-state index in [1.54, 1.807) is 6.08 Å². The summed E-state index contributed by atoms with van der Waals surface area (Å²) in [5.74, 6) is -0.0851. The Balaban J connectivity index is 1.78. The summed E-state index contributed by atoms with van der Waals surface area (Å²) in [6.45, 7) is 2.28. The predicted octanol–water partition coefficient (Wildman–Crippen LogP) is 8.42. The van der Waals surface area contributed by atoms with Crippen molar-refractivity contribution in [1.82, 2.24) is 0 Å². The summed E-state index contributed by atoms with van der Waals surface area (Å²) in [6, 6.07) is 0. The fraction of sp³-hybridized carbons (Fsp3) is 0.786. The van der Waals surface area contributed by atoms with Gasteiger partial charge in [0.15, 0.2) is 5.78 Å². The summed E-state index contributed by atoms with van der Waals surface area (Å²) < 4.78 is 5.18. The number of carbonyl (C=O) groups excluding carboxylic acids is 2. The zero-order chi connectivity index (χ0) is 22.4. The summed E-state index contributed by atoms with van der Waals surface area (Å²) in [5.41, 5.74) is 0. The Morgan fingerprint density at radius 3 is 1.81 bits per heavy atom. The van der Waals surface area contributed by atoms with Crippen LogP contribution in [0.1, 0.15) is 135 Å². The van der Waals surface area contributed by atoms with Gasteiger partial charge >= 0.3 is 5.97 Å². The second-order valence-electron chi connectivity index (χ2n) is 9.21. The fourth-order valence-electron chi connectivity index (χ4n) is 4.17. The number of cyclic esters (lactones) is 1. The Morgan fingerprint density at radius 1 is 0.839 bits per heavy atom. The molecule has 0 aromatic heterocycles. The Labute approximate surface area is 192 Å². The highest BCUT2D eigenvalue weighted by molar-refractivity contribution is 5.89. The maximum atomic E-state index is 11.9. The molecule has 0 radical (unpaired) electrons. The molecular weight excluding hydrogens is 384 g/mol. The van der Waals surface area contributed by atoms with Crippen LogP contribution < -0.4 is 0 Å². The maximum Gasteiger partial charge on any atom is 0.330 e. The van der Waals surface area contributed by atoms with Gasteiger partial charge in [0.25, 0.3) is 0 Å². The lowest BCUT2D eigenvalue weighted by Crippen LogP contribution is -2.18. The van der Waals surface area contributed by atoms with Crippen LogP contribution in [0, 0.1) is 0 Å². The van der Waals surface area contributed by atoms with Crippen molar-refractivity contribution < 1.29 is 14.3 Å². The van der Waals surface area contributed by atoms with Crippen LogP contribution in [0.3, 0.4) is 0 Å². The van der Waals surface area contributed by atoms with E-state index in [2.05, 4.69) is 6.92 Å². The molecule has 0 fully saturated rings. The van der Waals surface area contributed by atoms with Crippen LogP contribution in [-0.2, 0) is 14.3 Å². The summed E-state index contributed by atoms with van der Waals surface area (Å²) in [6.07, 6.45) is 31.7. The van der Waals surface area contributed by atoms with E-state index >= 15 is 0 Å². The number of unbranched alkanes of at least 4 members (excludes halogenated alkanes) is 16. The van der Waals surface area contributed by atoms with E-state index in [9.17, 15) is 9.59 Å². The summed E-state index contributed by atoms with van der Waals surface area (Å²) >= 11 is 0. The van der Waals surface area contributed by atoms with Gasteiger partial charge in [0, 0.05) is 25.3 Å². The quantitative estimate of drug-likeness (QED) is 0.104. The second-order valence-corrected chi connectivity index (χ2v) is 9.21. The minimum atomic E-state index is -0.278. The minimum absolute atomic E-state index is 0.109. The molecule has 0 saturated heterocycles. The van der Waals surface area contributed by atoms with Crippen molar-refractivity contribution in [3.8, 4) is 0 Å². The molecule has 0 unspecified atom stereocenters. The molecule has 3 heteroatoms. The third-order valence-corrected chi connectivity index (χ3v) is 6.17. The Morgan fingerprint density at radius 2 is 1.32 bits per heavy atom. The van der Waals surface area contributed by atoms with Gasteiger partial charge in [-0.3, -0.25) is 4.79 Å². The number of hydrogen-bond acceptors (Lipinski definition) is 3. The molecule has 0 aromatic carbocycles. The third kappa shape index (κ3) is 17.9. The second kappa shape index (κ2) is 20.5. The molecule has 1 rings (SSSR count). The molecular formula is C28H48O3. The van der Waals surface area contributed by atoms with Crippen LogP contribution in [0.5, 0.6) is 0 Å². The molecule has 0 amide bonds. The average molecular weight is 433 g/mol. The molecule has 3 nitrogen and oxygen atoms in total. The first kappa shape index (κ1) is 27.7. The van der Waals surface area contributed by atoms with Gasteiger partial charge in [-0.1, -0.05) is 122 Å². The molecule has 0 spiro atoms. The molecule has 178 valence electrons. The van der Waals surface area contributed by atoms with Gasteiger partial charge < -0.3 is 4.74 Å². The van der Waals surface area contributed by atoms with Crippen molar-refractivity contribution in [3.63, 3.8) is 0 Å².